The van der Waals surface area contributed by atoms with E-state index < -0.39 is 12.2 Å². The van der Waals surface area contributed by atoms with Gasteiger partial charge in [-0.3, -0.25) is 9.59 Å². The largest absolute Gasteiger partial charge is 0.507 e. The first-order valence-electron chi connectivity index (χ1n) is 20.6. The van der Waals surface area contributed by atoms with Crippen molar-refractivity contribution in [2.45, 2.75) is 65.6 Å². The van der Waals surface area contributed by atoms with E-state index in [4.69, 9.17) is 0 Å². The number of fused-ring (bicyclic) bond motifs is 2. The van der Waals surface area contributed by atoms with Crippen LogP contribution in [-0.2, 0) is 0 Å². The predicted octanol–water partition coefficient (Wildman–Crippen LogP) is 7.27. The topological polar surface area (TPSA) is 166 Å². The van der Waals surface area contributed by atoms with Crippen molar-refractivity contribution in [1.82, 2.24) is 24.8 Å². The fraction of sp³-hybridized carbons (Fsp3) is 0.327. The number of aromatic nitrogens is 3. The fourth-order valence-electron chi connectivity index (χ4n) is 6.75. The Bertz CT molecular complexity index is 2280. The summed E-state index contributed by atoms with van der Waals surface area (Å²) in [4.78, 5) is 39.4. The van der Waals surface area contributed by atoms with Gasteiger partial charge in [-0.2, -0.15) is 0 Å². The van der Waals surface area contributed by atoms with Crippen LogP contribution in [0.15, 0.2) is 91.4 Å². The molecule has 6 aromatic rings. The lowest BCUT2D eigenvalue weighted by atomic mass is 10.0. The van der Waals surface area contributed by atoms with Gasteiger partial charge in [0.2, 0.25) is 0 Å². The number of aromatic amines is 2. The van der Waals surface area contributed by atoms with Gasteiger partial charge in [0, 0.05) is 65.3 Å². The number of likely N-dealkylation sites (N-methyl/N-ethyl adjacent to an activating group) is 2. The van der Waals surface area contributed by atoms with Gasteiger partial charge in [-0.25, -0.2) is 4.98 Å². The minimum atomic E-state index is -0.503. The van der Waals surface area contributed by atoms with Gasteiger partial charge in [-0.15, -0.1) is 0 Å². The molecule has 0 radical (unpaired) electrons. The van der Waals surface area contributed by atoms with Crippen molar-refractivity contribution in [3.63, 3.8) is 0 Å². The Kier molecular flexibility index (Phi) is 16.6. The molecule has 0 aliphatic carbocycles. The molecule has 0 fully saturated rings. The lowest BCUT2D eigenvalue weighted by Gasteiger charge is -2.21. The van der Waals surface area contributed by atoms with Gasteiger partial charge >= 0.3 is 0 Å². The van der Waals surface area contributed by atoms with Gasteiger partial charge in [-0.1, -0.05) is 75.6 Å². The van der Waals surface area contributed by atoms with E-state index in [1.54, 1.807) is 73.1 Å². The average molecular weight is 810 g/mol. The summed E-state index contributed by atoms with van der Waals surface area (Å²) in [6.07, 6.45) is 3.91. The predicted molar refractivity (Wildman–Crippen MR) is 237 cm³/mol. The van der Waals surface area contributed by atoms with Crippen molar-refractivity contribution in [3.8, 4) is 35.2 Å². The Labute approximate surface area is 352 Å². The number of carbonyl (C=O) groups excluding carboxylic acids is 2. The third kappa shape index (κ3) is 12.4. The second-order valence-electron chi connectivity index (χ2n) is 14.5. The highest BCUT2D eigenvalue weighted by atomic mass is 16.3. The number of nitrogens with one attached hydrogen (secondary N) is 2. The monoisotopic (exact) mass is 809 g/mol. The Morgan fingerprint density at radius 2 is 1.07 bits per heavy atom. The van der Waals surface area contributed by atoms with E-state index in [1.807, 2.05) is 18.3 Å². The standard InChI is InChI=1S/C25H28N2O3.C24H27N3O3/c1-3-27(4-2)17-20(28)10-13-24(29)19-8-5-18(6-9-19)7-11-22-21-15-16-26-23(21)12-14-25(22)30;1-3-27(4-2)15-19(28)10-13-22(29)18-8-5-17(6-9-18)7-11-20-23(30)14-12-21-24(20)26-16-25-21/h5-6,8-9,12,14-16,20,26,28,30H,3-4,10,13,17H2,1-2H3;5-6,8-9,12,14,16,19,28,30H,3-4,10,13,15H2,1-2H3,(H,25,26). The molecule has 0 bridgehead atoms. The number of hydrogen-bond acceptors (Lipinski definition) is 9. The molecule has 0 saturated carbocycles. The number of Topliss-reactive ketones (excluding diaryl/α,β-unsaturated/α-hetero) is 2. The van der Waals surface area contributed by atoms with Crippen LogP contribution < -0.4 is 0 Å². The minimum Gasteiger partial charge on any atom is -0.507 e. The Morgan fingerprint density at radius 1 is 0.600 bits per heavy atom. The van der Waals surface area contributed by atoms with Crippen molar-refractivity contribution in [2.24, 2.45) is 0 Å². The van der Waals surface area contributed by atoms with Crippen molar-refractivity contribution < 1.29 is 30.0 Å². The maximum Gasteiger partial charge on any atom is 0.162 e. The number of benzene rings is 4. The van der Waals surface area contributed by atoms with E-state index in [1.165, 1.54) is 0 Å². The van der Waals surface area contributed by atoms with Crippen LogP contribution in [0, 0.1) is 23.7 Å². The van der Waals surface area contributed by atoms with E-state index in [2.05, 4.69) is 76.1 Å². The number of hydrogen-bond donors (Lipinski definition) is 6. The second kappa shape index (κ2) is 22.2. The molecule has 0 aliphatic rings. The number of aliphatic hydroxyl groups excluding tert-OH is 2. The molecular weight excluding hydrogens is 755 g/mol. The summed E-state index contributed by atoms with van der Waals surface area (Å²) in [5.41, 5.74) is 6.12. The smallest absolute Gasteiger partial charge is 0.162 e. The molecule has 6 N–H and O–H groups in total. The number of aliphatic hydroxyl groups is 2. The van der Waals surface area contributed by atoms with E-state index in [0.717, 1.165) is 53.7 Å². The number of nitrogens with zero attached hydrogens (tertiary/aromatic N) is 3. The zero-order chi connectivity index (χ0) is 43.0. The number of H-pyrrole nitrogens is 2. The summed E-state index contributed by atoms with van der Waals surface area (Å²) < 4.78 is 0. The van der Waals surface area contributed by atoms with E-state index in [-0.39, 0.29) is 23.1 Å². The fourth-order valence-corrected chi connectivity index (χ4v) is 6.75. The number of rotatable bonds is 16. The summed E-state index contributed by atoms with van der Waals surface area (Å²) in [5.74, 6) is 12.3. The quantitative estimate of drug-likeness (QED) is 0.0436. The van der Waals surface area contributed by atoms with Crippen LogP contribution in [0.1, 0.15) is 96.3 Å². The minimum absolute atomic E-state index is 0.00652. The molecule has 312 valence electrons. The molecule has 6 rings (SSSR count). The van der Waals surface area contributed by atoms with Crippen LogP contribution >= 0.6 is 0 Å². The zero-order valence-corrected chi connectivity index (χ0v) is 34.8. The third-order valence-corrected chi connectivity index (χ3v) is 10.5. The summed E-state index contributed by atoms with van der Waals surface area (Å²) in [7, 11) is 0. The second-order valence-corrected chi connectivity index (χ2v) is 14.5. The van der Waals surface area contributed by atoms with E-state index >= 15 is 0 Å². The Hall–Kier alpha value is -6.21. The molecule has 60 heavy (non-hydrogen) atoms. The summed E-state index contributed by atoms with van der Waals surface area (Å²) in [5, 5.41) is 41.4. The first-order valence-corrected chi connectivity index (χ1v) is 20.6. The Balaban J connectivity index is 0.000000228. The lowest BCUT2D eigenvalue weighted by Crippen LogP contribution is -2.32. The number of aromatic hydroxyl groups is 2. The summed E-state index contributed by atoms with van der Waals surface area (Å²) in [6, 6.07) is 22.9. The van der Waals surface area contributed by atoms with Gasteiger partial charge in [0.1, 0.15) is 17.0 Å². The summed E-state index contributed by atoms with van der Waals surface area (Å²) >= 11 is 0. The van der Waals surface area contributed by atoms with Crippen LogP contribution in [0.2, 0.25) is 0 Å². The number of imidazole rings is 1. The molecule has 2 heterocycles. The van der Waals surface area contributed by atoms with E-state index in [0.29, 0.717) is 66.5 Å². The van der Waals surface area contributed by atoms with Gasteiger partial charge < -0.3 is 40.2 Å². The van der Waals surface area contributed by atoms with Gasteiger partial charge in [0.25, 0.3) is 0 Å². The maximum atomic E-state index is 12.4. The highest BCUT2D eigenvalue weighted by Gasteiger charge is 2.15. The maximum absolute atomic E-state index is 12.4. The molecule has 2 aromatic heterocycles. The summed E-state index contributed by atoms with van der Waals surface area (Å²) in [6.45, 7) is 13.0. The van der Waals surface area contributed by atoms with E-state index in [9.17, 15) is 30.0 Å². The van der Waals surface area contributed by atoms with Crippen LogP contribution in [0.4, 0.5) is 0 Å². The van der Waals surface area contributed by atoms with Crippen LogP contribution in [0.25, 0.3) is 21.9 Å². The molecule has 11 nitrogen and oxygen atoms in total. The number of phenolic OH excluding ortho intramolecular Hbond substituents is 2. The molecule has 0 spiro atoms. The first kappa shape index (κ1) is 44.9. The van der Waals surface area contributed by atoms with Gasteiger partial charge in [0.05, 0.1) is 35.2 Å². The molecule has 0 saturated heterocycles. The lowest BCUT2D eigenvalue weighted by molar-refractivity contribution is 0.0874. The number of ketones is 2. The number of phenols is 2. The molecule has 2 atom stereocenters. The van der Waals surface area contributed by atoms with Crippen molar-refractivity contribution in [1.29, 1.82) is 0 Å². The Morgan fingerprint density at radius 3 is 1.57 bits per heavy atom. The van der Waals surface area contributed by atoms with Gasteiger partial charge in [0.15, 0.2) is 11.6 Å². The molecule has 0 amide bonds. The number of carbonyl (C=O) groups is 2. The third-order valence-electron chi connectivity index (χ3n) is 10.5. The zero-order valence-electron chi connectivity index (χ0n) is 34.8. The van der Waals surface area contributed by atoms with Crippen molar-refractivity contribution in [3.05, 3.63) is 125 Å². The first-order chi connectivity index (χ1) is 29.0. The highest BCUT2D eigenvalue weighted by molar-refractivity contribution is 5.96. The normalized spacial score (nSPS) is 12.0. The molecular formula is C49H55N5O6. The van der Waals surface area contributed by atoms with Crippen LogP contribution in [-0.4, -0.2) is 108 Å². The molecule has 0 aliphatic heterocycles. The van der Waals surface area contributed by atoms with Crippen molar-refractivity contribution in [2.75, 3.05) is 39.3 Å². The average Bonchev–Trinajstić information content (AvgIpc) is 3.96. The molecule has 2 unspecified atom stereocenters. The SMILES string of the molecule is CCN(CC)CC(O)CCC(=O)c1ccc(C#Cc2c(O)ccc3[nH]ccc23)cc1.CCN(CC)CC(O)CCC(=O)c1ccc(C#Cc2c(O)ccc3[nH]cnc23)cc1. The van der Waals surface area contributed by atoms with Gasteiger partial charge in [-0.05, 0) is 93.6 Å². The molecule has 4 aromatic carbocycles. The highest BCUT2D eigenvalue weighted by Crippen LogP contribution is 2.26. The molecule has 11 heteroatoms. The van der Waals surface area contributed by atoms with Crippen molar-refractivity contribution >= 4 is 33.5 Å². The van der Waals surface area contributed by atoms with Crippen LogP contribution in [0.5, 0.6) is 11.5 Å². The van der Waals surface area contributed by atoms with Crippen LogP contribution in [0.3, 0.4) is 0 Å².